The summed E-state index contributed by atoms with van der Waals surface area (Å²) in [5.74, 6) is 0.658. The molecule has 0 aliphatic heterocycles. The summed E-state index contributed by atoms with van der Waals surface area (Å²) in [7, 11) is 0. The predicted molar refractivity (Wildman–Crippen MR) is 168 cm³/mol. The van der Waals surface area contributed by atoms with Crippen molar-refractivity contribution in [1.82, 2.24) is 4.90 Å². The Hall–Kier alpha value is -4.75. The molecule has 0 radical (unpaired) electrons. The maximum atomic E-state index is 14.0. The summed E-state index contributed by atoms with van der Waals surface area (Å²) in [6.07, 6.45) is -4.28. The van der Waals surface area contributed by atoms with Crippen LogP contribution in [0.1, 0.15) is 33.9 Å². The first-order valence-corrected chi connectivity index (χ1v) is 14.4. The second-order valence-corrected chi connectivity index (χ2v) is 10.7. The third kappa shape index (κ3) is 8.20. The molecule has 0 saturated carbocycles. The van der Waals surface area contributed by atoms with Crippen LogP contribution in [0.5, 0.6) is 5.75 Å². The lowest BCUT2D eigenvalue weighted by molar-refractivity contribution is -0.136. The normalized spacial score (nSPS) is 11.9. The van der Waals surface area contributed by atoms with Crippen LogP contribution in [0.4, 0.5) is 23.7 Å². The molecular formula is C36H30ClF3N2O2. The number of nitrogens with zero attached hydrogens (tertiary/aromatic N) is 1. The number of nitrogens with one attached hydrogen (secondary N) is 1. The van der Waals surface area contributed by atoms with Crippen molar-refractivity contribution in [3.63, 3.8) is 0 Å². The number of alkyl halides is 3. The highest BCUT2D eigenvalue weighted by Gasteiger charge is 2.35. The van der Waals surface area contributed by atoms with E-state index in [2.05, 4.69) is 5.32 Å². The van der Waals surface area contributed by atoms with Crippen molar-refractivity contribution < 1.29 is 22.7 Å². The molecule has 4 nitrogen and oxygen atoms in total. The van der Waals surface area contributed by atoms with Crippen molar-refractivity contribution in [2.45, 2.75) is 31.8 Å². The van der Waals surface area contributed by atoms with Crippen molar-refractivity contribution in [2.75, 3.05) is 5.32 Å². The Kier molecular flexibility index (Phi) is 9.87. The van der Waals surface area contributed by atoms with Gasteiger partial charge in [-0.25, -0.2) is 4.79 Å². The molecule has 0 aromatic heterocycles. The summed E-state index contributed by atoms with van der Waals surface area (Å²) >= 11 is 5.89. The van der Waals surface area contributed by atoms with E-state index in [0.29, 0.717) is 18.8 Å². The van der Waals surface area contributed by atoms with Crippen LogP contribution in [0.3, 0.4) is 0 Å². The maximum Gasteiger partial charge on any atom is 0.418 e. The van der Waals surface area contributed by atoms with Gasteiger partial charge in [0.05, 0.1) is 17.3 Å². The van der Waals surface area contributed by atoms with Gasteiger partial charge in [-0.05, 0) is 59.0 Å². The second-order valence-electron chi connectivity index (χ2n) is 10.3. The Bertz CT molecular complexity index is 1650. The lowest BCUT2D eigenvalue weighted by atomic mass is 9.96. The van der Waals surface area contributed by atoms with Crippen LogP contribution in [0, 0.1) is 0 Å². The number of ether oxygens (including phenoxy) is 1. The zero-order chi connectivity index (χ0) is 30.9. The average molecular weight is 615 g/mol. The summed E-state index contributed by atoms with van der Waals surface area (Å²) in [6.45, 7) is 0.560. The molecule has 0 fully saturated rings. The van der Waals surface area contributed by atoms with Crippen LogP contribution in [-0.2, 0) is 25.7 Å². The number of rotatable bonds is 10. The molecule has 0 aliphatic rings. The number of hydrogen-bond donors (Lipinski definition) is 1. The SMILES string of the molecule is O=C(Nc1ccc(Cl)cc1C(F)(F)F)N(Cc1ccccc1)C(Cc1ccccc1)c1ccc(OCc2ccccc2)cc1. The van der Waals surface area contributed by atoms with Crippen molar-refractivity contribution in [3.05, 3.63) is 166 Å². The molecule has 5 rings (SSSR count). The van der Waals surface area contributed by atoms with Crippen molar-refractivity contribution in [1.29, 1.82) is 0 Å². The first-order chi connectivity index (χ1) is 21.3. The van der Waals surface area contributed by atoms with E-state index >= 15 is 0 Å². The monoisotopic (exact) mass is 614 g/mol. The molecule has 2 amide bonds. The van der Waals surface area contributed by atoms with Crippen LogP contribution in [-0.4, -0.2) is 10.9 Å². The minimum absolute atomic E-state index is 0.0759. The molecule has 1 N–H and O–H groups in total. The number of carbonyl (C=O) groups excluding carboxylic acids is 1. The zero-order valence-electron chi connectivity index (χ0n) is 23.7. The first-order valence-electron chi connectivity index (χ1n) is 14.0. The van der Waals surface area contributed by atoms with Gasteiger partial charge >= 0.3 is 12.2 Å². The van der Waals surface area contributed by atoms with Crippen LogP contribution < -0.4 is 10.1 Å². The molecule has 0 saturated heterocycles. The summed E-state index contributed by atoms with van der Waals surface area (Å²) in [5, 5.41) is 2.46. The van der Waals surface area contributed by atoms with Gasteiger partial charge in [0.1, 0.15) is 12.4 Å². The fraction of sp³-hybridized carbons (Fsp3) is 0.139. The molecule has 0 bridgehead atoms. The number of benzene rings is 5. The number of amides is 2. The van der Waals surface area contributed by atoms with E-state index in [9.17, 15) is 18.0 Å². The predicted octanol–water partition coefficient (Wildman–Crippen LogP) is 9.96. The van der Waals surface area contributed by atoms with Gasteiger partial charge in [-0.3, -0.25) is 0 Å². The van der Waals surface area contributed by atoms with Gasteiger partial charge in [-0.2, -0.15) is 13.2 Å². The van der Waals surface area contributed by atoms with Crippen LogP contribution in [0.2, 0.25) is 5.02 Å². The molecule has 0 aliphatic carbocycles. The molecule has 0 spiro atoms. The van der Waals surface area contributed by atoms with E-state index in [1.165, 1.54) is 12.1 Å². The number of halogens is 4. The maximum absolute atomic E-state index is 14.0. The lowest BCUT2D eigenvalue weighted by Gasteiger charge is -2.33. The van der Waals surface area contributed by atoms with Gasteiger partial charge in [0.2, 0.25) is 0 Å². The Balaban J connectivity index is 1.49. The highest BCUT2D eigenvalue weighted by molar-refractivity contribution is 6.30. The molecule has 5 aromatic rings. The van der Waals surface area contributed by atoms with Crippen molar-refractivity contribution in [2.24, 2.45) is 0 Å². The summed E-state index contributed by atoms with van der Waals surface area (Å²) in [6, 6.07) is 38.4. The third-order valence-corrected chi connectivity index (χ3v) is 7.38. The molecule has 5 aromatic carbocycles. The van der Waals surface area contributed by atoms with Crippen LogP contribution >= 0.6 is 11.6 Å². The van der Waals surface area contributed by atoms with Gasteiger partial charge in [0.15, 0.2) is 0 Å². The summed E-state index contributed by atoms with van der Waals surface area (Å²) in [4.78, 5) is 15.6. The van der Waals surface area contributed by atoms with Gasteiger partial charge in [-0.15, -0.1) is 0 Å². The Morgan fingerprint density at radius 3 is 1.91 bits per heavy atom. The number of anilines is 1. The van der Waals surface area contributed by atoms with Crippen LogP contribution in [0.25, 0.3) is 0 Å². The van der Waals surface area contributed by atoms with E-state index in [0.717, 1.165) is 28.3 Å². The number of urea groups is 1. The first kappa shape index (κ1) is 30.7. The number of hydrogen-bond acceptors (Lipinski definition) is 2. The highest BCUT2D eigenvalue weighted by atomic mass is 35.5. The highest BCUT2D eigenvalue weighted by Crippen LogP contribution is 2.37. The standard InChI is InChI=1S/C36H30ClF3N2O2/c37-30-18-21-33(32(23-30)36(38,39)40)41-35(43)42(24-27-12-6-2-7-13-27)34(22-26-10-4-1-5-11-26)29-16-19-31(20-17-29)44-25-28-14-8-3-9-15-28/h1-21,23,34H,22,24-25H2,(H,41,43). The van der Waals surface area contributed by atoms with E-state index in [-0.39, 0.29) is 17.3 Å². The van der Waals surface area contributed by atoms with E-state index in [4.69, 9.17) is 16.3 Å². The fourth-order valence-corrected chi connectivity index (χ4v) is 5.10. The minimum atomic E-state index is -4.71. The molecule has 0 heterocycles. The molecule has 1 atom stereocenters. The average Bonchev–Trinajstić information content (AvgIpc) is 3.04. The quantitative estimate of drug-likeness (QED) is 0.170. The van der Waals surface area contributed by atoms with Crippen LogP contribution in [0.15, 0.2) is 133 Å². The van der Waals surface area contributed by atoms with Gasteiger partial charge < -0.3 is 15.0 Å². The van der Waals surface area contributed by atoms with Crippen molar-refractivity contribution in [3.8, 4) is 5.75 Å². The van der Waals surface area contributed by atoms with Gasteiger partial charge in [0.25, 0.3) is 0 Å². The Labute approximate surface area is 259 Å². The summed E-state index contributed by atoms with van der Waals surface area (Å²) in [5.41, 5.74) is 2.25. The molecule has 8 heteroatoms. The van der Waals surface area contributed by atoms with Gasteiger partial charge in [0, 0.05) is 11.6 Å². The lowest BCUT2D eigenvalue weighted by Crippen LogP contribution is -2.39. The molecular weight excluding hydrogens is 585 g/mol. The number of carbonyl (C=O) groups is 1. The van der Waals surface area contributed by atoms with E-state index in [1.54, 1.807) is 4.90 Å². The summed E-state index contributed by atoms with van der Waals surface area (Å²) < 4.78 is 47.7. The Morgan fingerprint density at radius 2 is 1.32 bits per heavy atom. The van der Waals surface area contributed by atoms with Gasteiger partial charge in [-0.1, -0.05) is 115 Å². The third-order valence-electron chi connectivity index (χ3n) is 7.15. The molecule has 1 unspecified atom stereocenters. The van der Waals surface area contributed by atoms with E-state index < -0.39 is 23.8 Å². The second kappa shape index (κ2) is 14.1. The largest absolute Gasteiger partial charge is 0.489 e. The zero-order valence-corrected chi connectivity index (χ0v) is 24.4. The molecule has 44 heavy (non-hydrogen) atoms. The molecule has 224 valence electrons. The topological polar surface area (TPSA) is 41.6 Å². The van der Waals surface area contributed by atoms with Crippen molar-refractivity contribution >= 4 is 23.3 Å². The Morgan fingerprint density at radius 1 is 0.750 bits per heavy atom. The van der Waals surface area contributed by atoms with E-state index in [1.807, 2.05) is 115 Å². The minimum Gasteiger partial charge on any atom is -0.489 e. The fourth-order valence-electron chi connectivity index (χ4n) is 4.92. The smallest absolute Gasteiger partial charge is 0.418 e.